The number of thiophene rings is 1. The minimum atomic E-state index is -1.92. The summed E-state index contributed by atoms with van der Waals surface area (Å²) in [5, 5.41) is 10.5. The second-order valence-electron chi connectivity index (χ2n) is 12.6. The Bertz CT molecular complexity index is 2680. The molecule has 0 amide bonds. The summed E-state index contributed by atoms with van der Waals surface area (Å²) in [7, 11) is -1.92. The summed E-state index contributed by atoms with van der Waals surface area (Å²) in [5.41, 5.74) is 6.17. The molecule has 0 unspecified atom stereocenters. The third-order valence-corrected chi connectivity index (χ3v) is 14.4. The van der Waals surface area contributed by atoms with Crippen molar-refractivity contribution in [1.82, 2.24) is 14.5 Å². The number of aromatic nitrogens is 3. The van der Waals surface area contributed by atoms with E-state index in [1.165, 1.54) is 53.5 Å². The summed E-state index contributed by atoms with van der Waals surface area (Å²) in [4.78, 5) is 11.6. The molecular weight excluding hydrogens is 583 g/mol. The first-order valence-corrected chi connectivity index (χ1v) is 19.2. The Labute approximate surface area is 265 Å². The van der Waals surface area contributed by atoms with Gasteiger partial charge in [-0.2, -0.15) is 0 Å². The van der Waals surface area contributed by atoms with Crippen LogP contribution in [0, 0.1) is 0 Å². The molecule has 0 fully saturated rings. The summed E-state index contributed by atoms with van der Waals surface area (Å²) in [6.45, 7) is 5.02. The molecule has 0 bridgehead atoms. The van der Waals surface area contributed by atoms with Gasteiger partial charge in [-0.1, -0.05) is 116 Å². The second kappa shape index (κ2) is 8.97. The van der Waals surface area contributed by atoms with Crippen molar-refractivity contribution in [3.8, 4) is 28.3 Å². The van der Waals surface area contributed by atoms with Gasteiger partial charge in [0, 0.05) is 26.4 Å². The van der Waals surface area contributed by atoms with Crippen LogP contribution in [0.3, 0.4) is 0 Å². The lowest BCUT2D eigenvalue weighted by Crippen LogP contribution is -2.49. The van der Waals surface area contributed by atoms with Crippen molar-refractivity contribution in [2.75, 3.05) is 0 Å². The maximum absolute atomic E-state index is 5.42. The molecule has 6 aromatic carbocycles. The fraction of sp³-hybridized carbons (Fsp3) is 0.0500. The van der Waals surface area contributed by atoms with Crippen molar-refractivity contribution >= 4 is 82.7 Å². The van der Waals surface area contributed by atoms with E-state index in [4.69, 9.17) is 9.97 Å². The highest BCUT2D eigenvalue weighted by Crippen LogP contribution is 2.42. The van der Waals surface area contributed by atoms with Crippen LogP contribution in [-0.2, 0) is 0 Å². The predicted molar refractivity (Wildman–Crippen MR) is 194 cm³/mol. The van der Waals surface area contributed by atoms with E-state index in [2.05, 4.69) is 139 Å². The van der Waals surface area contributed by atoms with Crippen molar-refractivity contribution in [2.24, 2.45) is 0 Å². The first kappa shape index (κ1) is 25.2. The minimum absolute atomic E-state index is 0.751. The molecule has 1 aliphatic rings. The van der Waals surface area contributed by atoms with Crippen LogP contribution in [0.15, 0.2) is 127 Å². The topological polar surface area (TPSA) is 30.7 Å². The van der Waals surface area contributed by atoms with Crippen LogP contribution in [0.2, 0.25) is 13.1 Å². The van der Waals surface area contributed by atoms with Crippen LogP contribution in [0.1, 0.15) is 0 Å². The van der Waals surface area contributed by atoms with Gasteiger partial charge in [-0.15, -0.1) is 11.3 Å². The molecule has 0 aliphatic carbocycles. The van der Waals surface area contributed by atoms with Crippen LogP contribution < -0.4 is 10.4 Å². The van der Waals surface area contributed by atoms with Crippen molar-refractivity contribution in [3.63, 3.8) is 0 Å². The molecular formula is C40H27N3SSi. The van der Waals surface area contributed by atoms with E-state index in [0.29, 0.717) is 0 Å². The highest BCUT2D eigenvalue weighted by atomic mass is 32.1. The summed E-state index contributed by atoms with van der Waals surface area (Å²) in [6, 6.07) is 46.4. The molecule has 3 aromatic heterocycles. The van der Waals surface area contributed by atoms with Gasteiger partial charge in [-0.3, -0.25) is 4.57 Å². The monoisotopic (exact) mass is 609 g/mol. The van der Waals surface area contributed by atoms with Gasteiger partial charge >= 0.3 is 0 Å². The quantitative estimate of drug-likeness (QED) is 0.183. The smallest absolute Gasteiger partial charge is 0.163 e. The number of nitrogens with zero attached hydrogens (tertiary/aromatic N) is 3. The van der Waals surface area contributed by atoms with Crippen LogP contribution in [0.5, 0.6) is 0 Å². The average Bonchev–Trinajstić information content (AvgIpc) is 3.69. The molecule has 1 aliphatic heterocycles. The summed E-state index contributed by atoms with van der Waals surface area (Å²) >= 11 is 1.75. The third kappa shape index (κ3) is 3.39. The molecule has 212 valence electrons. The van der Waals surface area contributed by atoms with Gasteiger partial charge < -0.3 is 0 Å². The van der Waals surface area contributed by atoms with Crippen LogP contribution in [0.25, 0.3) is 81.2 Å². The molecule has 10 rings (SSSR count). The van der Waals surface area contributed by atoms with E-state index in [1.807, 2.05) is 6.07 Å². The van der Waals surface area contributed by atoms with Gasteiger partial charge in [0.2, 0.25) is 0 Å². The first-order chi connectivity index (χ1) is 22.1. The number of benzene rings is 6. The molecule has 0 spiro atoms. The zero-order valence-electron chi connectivity index (χ0n) is 24.9. The number of fused-ring (bicyclic) bond motifs is 11. The highest BCUT2D eigenvalue weighted by molar-refractivity contribution is 7.25. The van der Waals surface area contributed by atoms with Gasteiger partial charge in [0.15, 0.2) is 11.6 Å². The highest BCUT2D eigenvalue weighted by Gasteiger charge is 2.38. The van der Waals surface area contributed by atoms with Crippen LogP contribution in [0.4, 0.5) is 0 Å². The van der Waals surface area contributed by atoms with Crippen molar-refractivity contribution in [1.29, 1.82) is 0 Å². The molecule has 9 aromatic rings. The van der Waals surface area contributed by atoms with Crippen LogP contribution >= 0.6 is 11.3 Å². The summed E-state index contributed by atoms with van der Waals surface area (Å²) in [6.07, 6.45) is 0. The Hall–Kier alpha value is -5.10. The Morgan fingerprint density at radius 3 is 2.24 bits per heavy atom. The number of hydrogen-bond donors (Lipinski definition) is 0. The summed E-state index contributed by atoms with van der Waals surface area (Å²) in [5.74, 6) is 1.69. The Kier molecular flexibility index (Phi) is 5.03. The van der Waals surface area contributed by atoms with Crippen molar-refractivity contribution in [2.45, 2.75) is 13.1 Å². The minimum Gasteiger partial charge on any atom is -0.293 e. The zero-order valence-corrected chi connectivity index (χ0v) is 26.7. The van der Waals surface area contributed by atoms with E-state index >= 15 is 0 Å². The number of hydrogen-bond acceptors (Lipinski definition) is 3. The third-order valence-electron chi connectivity index (χ3n) is 9.79. The fourth-order valence-corrected chi connectivity index (χ4v) is 12.3. The lowest BCUT2D eigenvalue weighted by molar-refractivity contribution is 1.08. The average molecular weight is 610 g/mol. The number of para-hydroxylation sites is 1. The standard InChI is InChI=1S/C40H27N3SSi/c1-45(2)35-19-11-8-15-27(35)28-21-20-25-22-31-26-14-6-9-17-32(26)43(33(31)23-30(25)37(28)45)39-36-29-16-7-10-18-34(29)44-40(36)42-38(41-39)24-12-4-3-5-13-24/h3-23H,1-2H3. The fourth-order valence-electron chi connectivity index (χ4n) is 7.79. The normalized spacial score (nSPS) is 13.7. The molecule has 3 nitrogen and oxygen atoms in total. The van der Waals surface area contributed by atoms with E-state index in [0.717, 1.165) is 32.9 Å². The molecule has 0 saturated heterocycles. The zero-order chi connectivity index (χ0) is 29.9. The lowest BCUT2D eigenvalue weighted by Gasteiger charge is -2.21. The Morgan fingerprint density at radius 1 is 0.600 bits per heavy atom. The maximum atomic E-state index is 5.42. The molecule has 0 N–H and O–H groups in total. The van der Waals surface area contributed by atoms with Gasteiger partial charge in [0.1, 0.15) is 12.9 Å². The second-order valence-corrected chi connectivity index (χ2v) is 17.9. The van der Waals surface area contributed by atoms with Gasteiger partial charge in [0.25, 0.3) is 0 Å². The Balaban J connectivity index is 1.38. The molecule has 0 saturated carbocycles. The van der Waals surface area contributed by atoms with Gasteiger partial charge in [0.05, 0.1) is 16.4 Å². The predicted octanol–water partition coefficient (Wildman–Crippen LogP) is 9.56. The van der Waals surface area contributed by atoms with E-state index in [-0.39, 0.29) is 0 Å². The van der Waals surface area contributed by atoms with Crippen LogP contribution in [-0.4, -0.2) is 22.6 Å². The first-order valence-electron chi connectivity index (χ1n) is 15.4. The van der Waals surface area contributed by atoms with Gasteiger partial charge in [-0.25, -0.2) is 9.97 Å². The van der Waals surface area contributed by atoms with Crippen molar-refractivity contribution in [3.05, 3.63) is 127 Å². The number of rotatable bonds is 2. The SMILES string of the molecule is C[Si]1(C)c2ccccc2-c2ccc3cc4c5ccccc5n(-c5nc(-c6ccccc6)nc6sc7ccccc7c56)c4cc3c21. The maximum Gasteiger partial charge on any atom is 0.163 e. The molecule has 0 radical (unpaired) electrons. The largest absolute Gasteiger partial charge is 0.293 e. The van der Waals surface area contributed by atoms with E-state index in [1.54, 1.807) is 16.5 Å². The Morgan fingerprint density at radius 2 is 1.36 bits per heavy atom. The van der Waals surface area contributed by atoms with E-state index in [9.17, 15) is 0 Å². The molecule has 45 heavy (non-hydrogen) atoms. The molecule has 0 atom stereocenters. The van der Waals surface area contributed by atoms with E-state index < -0.39 is 8.07 Å². The van der Waals surface area contributed by atoms with Crippen molar-refractivity contribution < 1.29 is 0 Å². The van der Waals surface area contributed by atoms with Gasteiger partial charge in [-0.05, 0) is 56.5 Å². The summed E-state index contributed by atoms with van der Waals surface area (Å²) < 4.78 is 3.64. The lowest BCUT2D eigenvalue weighted by atomic mass is 10.00. The molecule has 5 heteroatoms. The molecule has 4 heterocycles.